The van der Waals surface area contributed by atoms with Crippen molar-refractivity contribution in [3.63, 3.8) is 0 Å². The van der Waals surface area contributed by atoms with Crippen LogP contribution in [0.4, 0.5) is 0 Å². The Morgan fingerprint density at radius 2 is 1.75 bits per heavy atom. The molecular weight excluding hydrogens is 196 g/mol. The van der Waals surface area contributed by atoms with Gasteiger partial charge in [-0.1, -0.05) is 25.0 Å². The summed E-state index contributed by atoms with van der Waals surface area (Å²) in [7, 11) is 0. The lowest BCUT2D eigenvalue weighted by molar-refractivity contribution is 0.597. The molecule has 1 aromatic heterocycles. The van der Waals surface area contributed by atoms with Crippen molar-refractivity contribution in [3.05, 3.63) is 35.2 Å². The van der Waals surface area contributed by atoms with Crippen LogP contribution in [0.15, 0.2) is 18.2 Å². The maximum Gasteiger partial charge on any atom is 0.0768 e. The minimum absolute atomic E-state index is 0.115. The molecule has 0 fully saturated rings. The minimum atomic E-state index is 0.115. The van der Waals surface area contributed by atoms with E-state index in [1.807, 2.05) is 0 Å². The summed E-state index contributed by atoms with van der Waals surface area (Å²) in [5, 5.41) is 8.82. The Kier molecular flexibility index (Phi) is 2.31. The van der Waals surface area contributed by atoms with Crippen molar-refractivity contribution in [2.24, 2.45) is 0 Å². The molecule has 3 rings (SSSR count). The Labute approximate surface area is 96.8 Å². The van der Waals surface area contributed by atoms with E-state index >= 15 is 0 Å². The van der Waals surface area contributed by atoms with Gasteiger partial charge in [-0.15, -0.1) is 0 Å². The zero-order chi connectivity index (χ0) is 11.0. The van der Waals surface area contributed by atoms with Crippen molar-refractivity contribution in [2.45, 2.75) is 50.9 Å². The Balaban J connectivity index is 1.92. The third-order valence-electron chi connectivity index (χ3n) is 3.79. The summed E-state index contributed by atoms with van der Waals surface area (Å²) < 4.78 is 0. The number of hydrogen-bond acceptors (Lipinski definition) is 2. The minimum Gasteiger partial charge on any atom is -0.155 e. The largest absolute Gasteiger partial charge is 0.155 e. The summed E-state index contributed by atoms with van der Waals surface area (Å²) in [6, 6.07) is 2.29. The molecular formula is C14H18N2. The molecule has 0 bridgehead atoms. The first-order valence-electron chi connectivity index (χ1n) is 6.34. The molecule has 0 N–H and O–H groups in total. The van der Waals surface area contributed by atoms with E-state index < -0.39 is 0 Å². The lowest BCUT2D eigenvalue weighted by Gasteiger charge is -2.15. The highest BCUT2D eigenvalue weighted by Crippen LogP contribution is 2.37. The molecule has 0 radical (unpaired) electrons. The van der Waals surface area contributed by atoms with Gasteiger partial charge in [0, 0.05) is 5.41 Å². The second-order valence-electron chi connectivity index (χ2n) is 5.23. The van der Waals surface area contributed by atoms with Crippen molar-refractivity contribution >= 4 is 0 Å². The van der Waals surface area contributed by atoms with Crippen LogP contribution in [0.1, 0.15) is 49.6 Å². The number of nitrogens with zero attached hydrogens (tertiary/aromatic N) is 2. The lowest BCUT2D eigenvalue weighted by atomic mass is 9.94. The molecule has 0 spiro atoms. The van der Waals surface area contributed by atoms with E-state index in [-0.39, 0.29) is 5.41 Å². The van der Waals surface area contributed by atoms with E-state index in [1.54, 1.807) is 0 Å². The molecule has 0 aromatic carbocycles. The number of aryl methyl sites for hydroxylation is 2. The van der Waals surface area contributed by atoms with Crippen LogP contribution < -0.4 is 0 Å². The van der Waals surface area contributed by atoms with Gasteiger partial charge in [0.1, 0.15) is 0 Å². The van der Waals surface area contributed by atoms with Gasteiger partial charge < -0.3 is 0 Å². The van der Waals surface area contributed by atoms with Crippen molar-refractivity contribution in [3.8, 4) is 0 Å². The number of allylic oxidation sites excluding steroid dienone is 2. The van der Waals surface area contributed by atoms with Gasteiger partial charge in [0.2, 0.25) is 0 Å². The molecule has 2 nitrogen and oxygen atoms in total. The van der Waals surface area contributed by atoms with Crippen molar-refractivity contribution < 1.29 is 0 Å². The van der Waals surface area contributed by atoms with Gasteiger partial charge in [-0.2, -0.15) is 10.2 Å². The highest BCUT2D eigenvalue weighted by atomic mass is 15.1. The zero-order valence-corrected chi connectivity index (χ0v) is 9.87. The zero-order valence-electron chi connectivity index (χ0n) is 9.87. The van der Waals surface area contributed by atoms with Gasteiger partial charge in [-0.25, -0.2) is 0 Å². The van der Waals surface area contributed by atoms with Crippen LogP contribution in [0.25, 0.3) is 0 Å². The van der Waals surface area contributed by atoms with Gasteiger partial charge in [0.05, 0.1) is 11.4 Å². The second kappa shape index (κ2) is 3.69. The van der Waals surface area contributed by atoms with Gasteiger partial charge in [-0.3, -0.25) is 0 Å². The van der Waals surface area contributed by atoms with E-state index in [1.165, 1.54) is 43.4 Å². The molecule has 84 valence electrons. The number of rotatable bonds is 1. The predicted molar refractivity (Wildman–Crippen MR) is 64.4 cm³/mol. The normalized spacial score (nSPS) is 22.1. The van der Waals surface area contributed by atoms with Gasteiger partial charge >= 0.3 is 0 Å². The second-order valence-corrected chi connectivity index (χ2v) is 5.23. The molecule has 2 aliphatic rings. The van der Waals surface area contributed by atoms with Crippen molar-refractivity contribution in [1.29, 1.82) is 0 Å². The maximum atomic E-state index is 4.44. The molecule has 0 saturated carbocycles. The Hall–Kier alpha value is -1.18. The first kappa shape index (κ1) is 10.0. The van der Waals surface area contributed by atoms with E-state index in [0.29, 0.717) is 0 Å². The third kappa shape index (κ3) is 1.77. The Morgan fingerprint density at radius 1 is 1.00 bits per heavy atom. The summed E-state index contributed by atoms with van der Waals surface area (Å²) >= 11 is 0. The third-order valence-corrected chi connectivity index (χ3v) is 3.79. The number of aromatic nitrogens is 2. The summed E-state index contributed by atoms with van der Waals surface area (Å²) in [5.41, 5.74) is 3.93. The molecule has 0 aliphatic heterocycles. The topological polar surface area (TPSA) is 25.8 Å². The average molecular weight is 214 g/mol. The van der Waals surface area contributed by atoms with Crippen LogP contribution in [-0.4, -0.2) is 10.2 Å². The van der Waals surface area contributed by atoms with Crippen LogP contribution >= 0.6 is 0 Å². The maximum absolute atomic E-state index is 4.44. The van der Waals surface area contributed by atoms with E-state index in [2.05, 4.69) is 35.3 Å². The fourth-order valence-corrected chi connectivity index (χ4v) is 2.40. The van der Waals surface area contributed by atoms with Crippen LogP contribution in [-0.2, 0) is 18.3 Å². The standard InChI is InChI=1S/C14H18N2/c1-14(8-9-14)13-10-11-6-4-2-3-5-7-12(11)15-16-13/h8-10H,2-7H2,1H3. The Bertz CT molecular complexity index is 428. The van der Waals surface area contributed by atoms with Crippen molar-refractivity contribution in [1.82, 2.24) is 10.2 Å². The average Bonchev–Trinajstić information content (AvgIpc) is 2.98. The molecule has 0 amide bonds. The first-order valence-corrected chi connectivity index (χ1v) is 6.34. The molecule has 2 heteroatoms. The Morgan fingerprint density at radius 3 is 2.50 bits per heavy atom. The predicted octanol–water partition coefficient (Wildman–Crippen LogP) is 2.96. The summed E-state index contributed by atoms with van der Waals surface area (Å²) in [4.78, 5) is 0. The highest BCUT2D eigenvalue weighted by Gasteiger charge is 2.32. The monoisotopic (exact) mass is 214 g/mol. The molecule has 16 heavy (non-hydrogen) atoms. The molecule has 1 heterocycles. The number of fused-ring (bicyclic) bond motifs is 1. The quantitative estimate of drug-likeness (QED) is 0.672. The lowest BCUT2D eigenvalue weighted by Crippen LogP contribution is -2.12. The SMILES string of the molecule is CC1(c2cc3c(nn2)CCCCCC3)C=C1. The summed E-state index contributed by atoms with van der Waals surface area (Å²) in [5.74, 6) is 0. The number of hydrogen-bond donors (Lipinski definition) is 0. The van der Waals surface area contributed by atoms with Crippen molar-refractivity contribution in [2.75, 3.05) is 0 Å². The van der Waals surface area contributed by atoms with Gasteiger partial charge in [0.25, 0.3) is 0 Å². The van der Waals surface area contributed by atoms with Crippen LogP contribution in [0.3, 0.4) is 0 Å². The highest BCUT2D eigenvalue weighted by molar-refractivity contribution is 5.43. The van der Waals surface area contributed by atoms with E-state index in [0.717, 1.165) is 12.1 Å². The van der Waals surface area contributed by atoms with Crippen LogP contribution in [0.5, 0.6) is 0 Å². The molecule has 2 aliphatic carbocycles. The smallest absolute Gasteiger partial charge is 0.0768 e. The fourth-order valence-electron chi connectivity index (χ4n) is 2.40. The molecule has 0 saturated heterocycles. The van der Waals surface area contributed by atoms with Gasteiger partial charge in [0.15, 0.2) is 0 Å². The summed E-state index contributed by atoms with van der Waals surface area (Å²) in [6.07, 6.45) is 12.0. The molecule has 1 aromatic rings. The molecule has 0 atom stereocenters. The van der Waals surface area contributed by atoms with Crippen LogP contribution in [0, 0.1) is 0 Å². The van der Waals surface area contributed by atoms with Gasteiger partial charge in [-0.05, 0) is 44.2 Å². The fraction of sp³-hybridized carbons (Fsp3) is 0.571. The van der Waals surface area contributed by atoms with Crippen LogP contribution in [0.2, 0.25) is 0 Å². The summed E-state index contributed by atoms with van der Waals surface area (Å²) in [6.45, 7) is 2.20. The molecule has 0 unspecified atom stereocenters. The first-order chi connectivity index (χ1) is 7.78. The van der Waals surface area contributed by atoms with E-state index in [4.69, 9.17) is 0 Å². The van der Waals surface area contributed by atoms with E-state index in [9.17, 15) is 0 Å².